The van der Waals surface area contributed by atoms with Crippen molar-refractivity contribution in [2.24, 2.45) is 24.8 Å². The van der Waals surface area contributed by atoms with Gasteiger partial charge in [0.05, 0.1) is 6.20 Å². The molecule has 0 amide bonds. The van der Waals surface area contributed by atoms with Crippen molar-refractivity contribution >= 4 is 22.7 Å². The number of aromatic nitrogens is 3. The lowest BCUT2D eigenvalue weighted by atomic mass is 10.0. The van der Waals surface area contributed by atoms with Gasteiger partial charge in [-0.2, -0.15) is 0 Å². The molecule has 0 radical (unpaired) electrons. The lowest BCUT2D eigenvalue weighted by Gasteiger charge is -2.17. The Morgan fingerprint density at radius 3 is 2.47 bits per heavy atom. The summed E-state index contributed by atoms with van der Waals surface area (Å²) in [5.41, 5.74) is 10.5. The Morgan fingerprint density at radius 2 is 1.81 bits per heavy atom. The molecule has 36 heavy (non-hydrogen) atoms. The fourth-order valence-corrected chi connectivity index (χ4v) is 4.17. The van der Waals surface area contributed by atoms with Crippen LogP contribution in [0.25, 0.3) is 27.6 Å². The van der Waals surface area contributed by atoms with Crippen LogP contribution in [0.5, 0.6) is 11.5 Å². The first-order valence-electron chi connectivity index (χ1n) is 11.8. The Morgan fingerprint density at radius 1 is 1.08 bits per heavy atom. The number of nitrogens with one attached hydrogen (secondary N) is 1. The number of nitrogens with two attached hydrogens (primary N) is 1. The van der Waals surface area contributed by atoms with Crippen LogP contribution in [0.15, 0.2) is 63.5 Å². The van der Waals surface area contributed by atoms with Crippen LogP contribution in [0, 0.1) is 13.8 Å². The highest BCUT2D eigenvalue weighted by atomic mass is 16.5. The molecule has 0 spiro atoms. The molecule has 0 bridgehead atoms. The normalized spacial score (nSPS) is 12.1. The molecule has 0 atom stereocenters. The van der Waals surface area contributed by atoms with Crippen molar-refractivity contribution in [1.82, 2.24) is 14.1 Å². The molecule has 0 aliphatic rings. The number of ether oxygens (including phenoxy) is 1. The first kappa shape index (κ1) is 24.8. The van der Waals surface area contributed by atoms with Gasteiger partial charge in [-0.15, -0.1) is 0 Å². The van der Waals surface area contributed by atoms with E-state index in [-0.39, 0.29) is 11.1 Å². The molecule has 4 aromatic rings. The largest absolute Gasteiger partial charge is 0.455 e. The highest BCUT2D eigenvalue weighted by molar-refractivity contribution is 6.11. The number of benzene rings is 1. The van der Waals surface area contributed by atoms with E-state index in [1.54, 1.807) is 32.7 Å². The van der Waals surface area contributed by atoms with Gasteiger partial charge < -0.3 is 24.6 Å². The number of nitrogens with zero attached hydrogens (tertiary/aromatic N) is 3. The minimum absolute atomic E-state index is 0.189. The summed E-state index contributed by atoms with van der Waals surface area (Å²) in [7, 11) is 3.36. The number of hydrogen-bond donors (Lipinski definition) is 2. The number of aryl methyl sites for hydroxylation is 4. The van der Waals surface area contributed by atoms with Crippen LogP contribution in [0.4, 0.5) is 0 Å². The molecule has 3 heterocycles. The van der Waals surface area contributed by atoms with E-state index in [0.717, 1.165) is 23.3 Å². The number of hydrogen-bond acceptors (Lipinski definition) is 5. The number of para-hydroxylation sites is 1. The standard InChI is InChI=1S/C28H31N5O3/c1-6-10-30-14-19(13-29)23-11-21-22(15-33(5)28(35)26(21)31-23)20-12-25(34)32(4)16-24(20)36-27-17(2)8-7-9-18(27)3/h7-9,11-16,31H,6,10,29H2,1-5H3. The Balaban J connectivity index is 1.96. The monoisotopic (exact) mass is 485 g/mol. The number of rotatable bonds is 7. The predicted molar refractivity (Wildman–Crippen MR) is 146 cm³/mol. The Hall–Kier alpha value is -4.33. The van der Waals surface area contributed by atoms with Gasteiger partial charge in [-0.1, -0.05) is 25.1 Å². The number of H-pyrrole nitrogens is 1. The van der Waals surface area contributed by atoms with Crippen LogP contribution in [0.1, 0.15) is 30.2 Å². The van der Waals surface area contributed by atoms with Crippen molar-refractivity contribution in [2.75, 3.05) is 6.54 Å². The lowest BCUT2D eigenvalue weighted by Crippen LogP contribution is -2.18. The highest BCUT2D eigenvalue weighted by Gasteiger charge is 2.19. The van der Waals surface area contributed by atoms with Crippen LogP contribution < -0.4 is 21.6 Å². The van der Waals surface area contributed by atoms with E-state index in [4.69, 9.17) is 10.5 Å². The third-order valence-electron chi connectivity index (χ3n) is 6.14. The summed E-state index contributed by atoms with van der Waals surface area (Å²) >= 11 is 0. The van der Waals surface area contributed by atoms with Crippen LogP contribution in [0.3, 0.4) is 0 Å². The molecular weight excluding hydrogens is 454 g/mol. The SMILES string of the molecule is CCCN=CC(=CN)c1cc2c(-c3cc(=O)n(C)cc3Oc3c(C)cccc3C)cn(C)c(=O)c2[nH]1. The van der Waals surface area contributed by atoms with E-state index < -0.39 is 0 Å². The third kappa shape index (κ3) is 4.62. The van der Waals surface area contributed by atoms with Gasteiger partial charge in [0.25, 0.3) is 11.1 Å². The van der Waals surface area contributed by atoms with Crippen molar-refractivity contribution in [1.29, 1.82) is 0 Å². The van der Waals surface area contributed by atoms with E-state index in [1.165, 1.54) is 21.4 Å². The van der Waals surface area contributed by atoms with E-state index in [0.29, 0.717) is 45.6 Å². The topological polar surface area (TPSA) is 107 Å². The zero-order chi connectivity index (χ0) is 26.0. The summed E-state index contributed by atoms with van der Waals surface area (Å²) < 4.78 is 9.39. The minimum atomic E-state index is -0.192. The molecule has 0 fully saturated rings. The molecule has 3 aromatic heterocycles. The molecule has 8 nitrogen and oxygen atoms in total. The zero-order valence-electron chi connectivity index (χ0n) is 21.3. The summed E-state index contributed by atoms with van der Waals surface area (Å²) in [6, 6.07) is 9.34. The van der Waals surface area contributed by atoms with Crippen molar-refractivity contribution in [3.8, 4) is 22.6 Å². The maximum Gasteiger partial charge on any atom is 0.274 e. The van der Waals surface area contributed by atoms with Gasteiger partial charge in [-0.25, -0.2) is 0 Å². The van der Waals surface area contributed by atoms with E-state index >= 15 is 0 Å². The zero-order valence-corrected chi connectivity index (χ0v) is 21.3. The molecule has 3 N–H and O–H groups in total. The Kier molecular flexibility index (Phi) is 6.96. The Labute approximate surface area is 209 Å². The van der Waals surface area contributed by atoms with Crippen LogP contribution in [-0.4, -0.2) is 26.9 Å². The number of fused-ring (bicyclic) bond motifs is 1. The maximum absolute atomic E-state index is 13.0. The van der Waals surface area contributed by atoms with Gasteiger partial charge in [-0.3, -0.25) is 14.6 Å². The van der Waals surface area contributed by atoms with E-state index in [1.807, 2.05) is 45.0 Å². The average Bonchev–Trinajstić information content (AvgIpc) is 3.29. The number of pyridine rings is 2. The second kappa shape index (κ2) is 10.1. The first-order chi connectivity index (χ1) is 17.2. The van der Waals surface area contributed by atoms with Gasteiger partial charge in [0.2, 0.25) is 0 Å². The molecule has 0 aliphatic heterocycles. The number of aliphatic imine (C=N–C) groups is 1. The molecule has 0 aliphatic carbocycles. The van der Waals surface area contributed by atoms with Crippen LogP contribution >= 0.6 is 0 Å². The fraction of sp³-hybridized carbons (Fsp3) is 0.250. The average molecular weight is 486 g/mol. The first-order valence-corrected chi connectivity index (χ1v) is 11.8. The molecule has 0 saturated heterocycles. The van der Waals surface area contributed by atoms with Gasteiger partial charge in [0, 0.05) is 73.1 Å². The maximum atomic E-state index is 13.0. The van der Waals surface area contributed by atoms with Crippen LogP contribution in [0.2, 0.25) is 0 Å². The summed E-state index contributed by atoms with van der Waals surface area (Å²) in [5, 5.41) is 0.663. The number of aromatic amines is 1. The van der Waals surface area contributed by atoms with Crippen molar-refractivity contribution in [3.63, 3.8) is 0 Å². The summed E-state index contributed by atoms with van der Waals surface area (Å²) in [6.07, 6.45) is 7.48. The summed E-state index contributed by atoms with van der Waals surface area (Å²) in [6.45, 7) is 6.68. The van der Waals surface area contributed by atoms with Gasteiger partial charge in [-0.05, 0) is 37.5 Å². The Bertz CT molecular complexity index is 1600. The molecule has 8 heteroatoms. The smallest absolute Gasteiger partial charge is 0.274 e. The van der Waals surface area contributed by atoms with Crippen molar-refractivity contribution < 1.29 is 4.74 Å². The van der Waals surface area contributed by atoms with Gasteiger partial charge in [0.1, 0.15) is 11.3 Å². The van der Waals surface area contributed by atoms with Crippen molar-refractivity contribution in [2.45, 2.75) is 27.2 Å². The quantitative estimate of drug-likeness (QED) is 0.378. The lowest BCUT2D eigenvalue weighted by molar-refractivity contribution is 0.470. The second-order valence-electron chi connectivity index (χ2n) is 8.91. The van der Waals surface area contributed by atoms with Gasteiger partial charge in [0.15, 0.2) is 5.75 Å². The second-order valence-corrected chi connectivity index (χ2v) is 8.91. The molecule has 0 unspecified atom stereocenters. The number of allylic oxidation sites excluding steroid dienone is 1. The molecule has 1 aromatic carbocycles. The highest BCUT2D eigenvalue weighted by Crippen LogP contribution is 2.38. The van der Waals surface area contributed by atoms with E-state index in [9.17, 15) is 9.59 Å². The molecule has 0 saturated carbocycles. The summed E-state index contributed by atoms with van der Waals surface area (Å²) in [5.74, 6) is 1.24. The minimum Gasteiger partial charge on any atom is -0.455 e. The fourth-order valence-electron chi connectivity index (χ4n) is 4.17. The van der Waals surface area contributed by atoms with Crippen LogP contribution in [-0.2, 0) is 14.1 Å². The van der Waals surface area contributed by atoms with Gasteiger partial charge >= 0.3 is 0 Å². The summed E-state index contributed by atoms with van der Waals surface area (Å²) in [4.78, 5) is 33.4. The molecule has 4 rings (SSSR count). The predicted octanol–water partition coefficient (Wildman–Crippen LogP) is 4.42. The van der Waals surface area contributed by atoms with E-state index in [2.05, 4.69) is 9.98 Å². The molecule has 186 valence electrons. The van der Waals surface area contributed by atoms with Crippen molar-refractivity contribution in [3.05, 3.63) is 86.5 Å². The third-order valence-corrected chi connectivity index (χ3v) is 6.14. The molecular formula is C28H31N5O3.